The normalized spacial score (nSPS) is 11.9. The van der Waals surface area contributed by atoms with Gasteiger partial charge >= 0.3 is 5.97 Å². The van der Waals surface area contributed by atoms with Crippen LogP contribution in [0.5, 0.6) is 0 Å². The minimum Gasteiger partial charge on any atom is -0.338 e. The number of aryl methyl sites for hydroxylation is 2. The monoisotopic (exact) mass is 314 g/mol. The number of hydrogen-bond donors (Lipinski definition) is 0. The molecule has 0 saturated heterocycles. The van der Waals surface area contributed by atoms with Crippen LogP contribution in [0.2, 0.25) is 0 Å². The van der Waals surface area contributed by atoms with Crippen molar-refractivity contribution in [3.8, 4) is 5.69 Å². The summed E-state index contributed by atoms with van der Waals surface area (Å²) in [6.07, 6.45) is 3.91. The molecule has 0 aliphatic carbocycles. The van der Waals surface area contributed by atoms with E-state index in [9.17, 15) is 9.59 Å². The molecule has 0 aliphatic rings. The standard InChI is InChI=1S/C18H22N2O3/c1-12-7-6-8-13(2)18(12)19-10-9-17(11-19)14(3)20(15(4)21)23-16(5)22/h6-11,14H,1-5H3. The van der Waals surface area contributed by atoms with Crippen LogP contribution in [0.1, 0.15) is 43.5 Å². The Balaban J connectivity index is 2.34. The highest BCUT2D eigenvalue weighted by molar-refractivity contribution is 5.75. The van der Waals surface area contributed by atoms with Crippen LogP contribution in [-0.2, 0) is 14.4 Å². The summed E-state index contributed by atoms with van der Waals surface area (Å²) in [5.41, 5.74) is 4.35. The van der Waals surface area contributed by atoms with E-state index in [0.29, 0.717) is 0 Å². The Labute approximate surface area is 136 Å². The third-order valence-electron chi connectivity index (χ3n) is 3.78. The van der Waals surface area contributed by atoms with Crippen LogP contribution in [0.3, 0.4) is 0 Å². The summed E-state index contributed by atoms with van der Waals surface area (Å²) in [5, 5.41) is 1.10. The van der Waals surface area contributed by atoms with Crippen molar-refractivity contribution in [2.24, 2.45) is 0 Å². The zero-order valence-electron chi connectivity index (χ0n) is 14.2. The molecule has 0 N–H and O–H groups in total. The molecule has 1 heterocycles. The molecule has 0 spiro atoms. The maximum Gasteiger partial charge on any atom is 0.329 e. The van der Waals surface area contributed by atoms with Gasteiger partial charge in [-0.2, -0.15) is 5.06 Å². The maximum absolute atomic E-state index is 11.7. The molecule has 1 aromatic heterocycles. The topological polar surface area (TPSA) is 51.5 Å². The lowest BCUT2D eigenvalue weighted by Gasteiger charge is -2.25. The number of para-hydroxylation sites is 1. The van der Waals surface area contributed by atoms with Crippen molar-refractivity contribution in [3.05, 3.63) is 53.3 Å². The molecule has 5 heteroatoms. The van der Waals surface area contributed by atoms with E-state index in [1.54, 1.807) is 0 Å². The molecule has 0 aliphatic heterocycles. The Kier molecular flexibility index (Phi) is 4.89. The van der Waals surface area contributed by atoms with E-state index in [1.165, 1.54) is 25.0 Å². The number of benzene rings is 1. The number of nitrogens with zero attached hydrogens (tertiary/aromatic N) is 2. The minimum absolute atomic E-state index is 0.312. The van der Waals surface area contributed by atoms with E-state index in [-0.39, 0.29) is 11.9 Å². The number of rotatable bonds is 3. The Hall–Kier alpha value is -2.56. The highest BCUT2D eigenvalue weighted by Gasteiger charge is 2.23. The first kappa shape index (κ1) is 16.8. The van der Waals surface area contributed by atoms with Crippen molar-refractivity contribution in [2.45, 2.75) is 40.7 Å². The zero-order chi connectivity index (χ0) is 17.1. The number of carbonyl (C=O) groups is 2. The summed E-state index contributed by atoms with van der Waals surface area (Å²) in [4.78, 5) is 27.9. The fraction of sp³-hybridized carbons (Fsp3) is 0.333. The van der Waals surface area contributed by atoms with Gasteiger partial charge in [0.25, 0.3) is 5.91 Å². The Morgan fingerprint density at radius 2 is 1.74 bits per heavy atom. The van der Waals surface area contributed by atoms with Crippen LogP contribution in [0.15, 0.2) is 36.7 Å². The summed E-state index contributed by atoms with van der Waals surface area (Å²) in [5.74, 6) is -0.825. The molecule has 2 aromatic rings. The second-order valence-corrected chi connectivity index (χ2v) is 5.70. The van der Waals surface area contributed by atoms with E-state index >= 15 is 0 Å². The third-order valence-corrected chi connectivity index (χ3v) is 3.78. The molecule has 0 radical (unpaired) electrons. The van der Waals surface area contributed by atoms with Crippen LogP contribution >= 0.6 is 0 Å². The Morgan fingerprint density at radius 3 is 2.26 bits per heavy atom. The predicted octanol–water partition coefficient (Wildman–Crippen LogP) is 3.48. The summed E-state index contributed by atoms with van der Waals surface area (Å²) in [6.45, 7) is 8.61. The number of hydrogen-bond acceptors (Lipinski definition) is 3. The smallest absolute Gasteiger partial charge is 0.329 e. The third kappa shape index (κ3) is 3.62. The molecule has 1 unspecified atom stereocenters. The molecule has 0 bridgehead atoms. The number of carbonyl (C=O) groups excluding carboxylic acids is 2. The van der Waals surface area contributed by atoms with Crippen molar-refractivity contribution in [2.75, 3.05) is 0 Å². The molecular formula is C18H22N2O3. The fourth-order valence-corrected chi connectivity index (χ4v) is 2.70. The van der Waals surface area contributed by atoms with E-state index < -0.39 is 5.97 Å². The molecule has 23 heavy (non-hydrogen) atoms. The van der Waals surface area contributed by atoms with Gasteiger partial charge in [-0.05, 0) is 43.5 Å². The molecule has 0 saturated carbocycles. The zero-order valence-corrected chi connectivity index (χ0v) is 14.2. The van der Waals surface area contributed by atoms with E-state index in [1.807, 2.05) is 36.0 Å². The van der Waals surface area contributed by atoms with Gasteiger partial charge in [-0.1, -0.05) is 18.2 Å². The fourth-order valence-electron chi connectivity index (χ4n) is 2.70. The molecule has 0 fully saturated rings. The number of hydroxylamine groups is 2. The summed E-state index contributed by atoms with van der Waals surface area (Å²) >= 11 is 0. The van der Waals surface area contributed by atoms with Crippen LogP contribution in [0.25, 0.3) is 5.69 Å². The van der Waals surface area contributed by atoms with E-state index in [2.05, 4.69) is 26.0 Å². The molecule has 1 aromatic carbocycles. The Morgan fingerprint density at radius 1 is 1.13 bits per heavy atom. The predicted molar refractivity (Wildman–Crippen MR) is 87.9 cm³/mol. The largest absolute Gasteiger partial charge is 0.338 e. The summed E-state index contributed by atoms with van der Waals surface area (Å²) in [7, 11) is 0. The van der Waals surface area contributed by atoms with Gasteiger partial charge in [-0.25, -0.2) is 0 Å². The SMILES string of the molecule is CC(=O)ON(C(C)=O)C(C)c1ccn(-c2c(C)cccc2C)c1. The van der Waals surface area contributed by atoms with Gasteiger partial charge < -0.3 is 9.40 Å². The van der Waals surface area contributed by atoms with Gasteiger partial charge in [0.2, 0.25) is 0 Å². The first-order chi connectivity index (χ1) is 10.8. The second-order valence-electron chi connectivity index (χ2n) is 5.70. The lowest BCUT2D eigenvalue weighted by Crippen LogP contribution is -2.33. The molecule has 1 amide bonds. The van der Waals surface area contributed by atoms with Crippen LogP contribution in [0, 0.1) is 13.8 Å². The lowest BCUT2D eigenvalue weighted by molar-refractivity contribution is -0.203. The Bertz CT molecular complexity index is 713. The summed E-state index contributed by atoms with van der Waals surface area (Å²) in [6, 6.07) is 7.72. The average Bonchev–Trinajstić information content (AvgIpc) is 2.93. The quantitative estimate of drug-likeness (QED) is 0.815. The first-order valence-electron chi connectivity index (χ1n) is 7.54. The van der Waals surface area contributed by atoms with Crippen LogP contribution < -0.4 is 0 Å². The van der Waals surface area contributed by atoms with E-state index in [0.717, 1.165) is 16.3 Å². The van der Waals surface area contributed by atoms with Gasteiger partial charge in [-0.3, -0.25) is 9.59 Å². The average molecular weight is 314 g/mol. The second kappa shape index (κ2) is 6.69. The van der Waals surface area contributed by atoms with Crippen molar-refractivity contribution < 1.29 is 14.4 Å². The molecule has 1 atom stereocenters. The van der Waals surface area contributed by atoms with Crippen molar-refractivity contribution >= 4 is 11.9 Å². The van der Waals surface area contributed by atoms with Crippen molar-refractivity contribution in [3.63, 3.8) is 0 Å². The molecular weight excluding hydrogens is 292 g/mol. The van der Waals surface area contributed by atoms with Crippen molar-refractivity contribution in [1.82, 2.24) is 9.63 Å². The van der Waals surface area contributed by atoms with E-state index in [4.69, 9.17) is 4.84 Å². The number of aromatic nitrogens is 1. The highest BCUT2D eigenvalue weighted by atomic mass is 16.7. The van der Waals surface area contributed by atoms with Gasteiger partial charge in [0.15, 0.2) is 0 Å². The number of amides is 1. The first-order valence-corrected chi connectivity index (χ1v) is 7.54. The minimum atomic E-state index is -0.513. The molecule has 5 nitrogen and oxygen atoms in total. The van der Waals surface area contributed by atoms with Gasteiger partial charge in [0.05, 0.1) is 11.7 Å². The van der Waals surface area contributed by atoms with Crippen LogP contribution in [-0.4, -0.2) is 21.5 Å². The lowest BCUT2D eigenvalue weighted by atomic mass is 10.1. The van der Waals surface area contributed by atoms with Gasteiger partial charge in [-0.15, -0.1) is 0 Å². The molecule has 122 valence electrons. The van der Waals surface area contributed by atoms with Gasteiger partial charge in [0.1, 0.15) is 0 Å². The summed E-state index contributed by atoms with van der Waals surface area (Å²) < 4.78 is 2.03. The maximum atomic E-state index is 11.7. The molecule has 2 rings (SSSR count). The van der Waals surface area contributed by atoms with Crippen molar-refractivity contribution in [1.29, 1.82) is 0 Å². The highest BCUT2D eigenvalue weighted by Crippen LogP contribution is 2.25. The van der Waals surface area contributed by atoms with Crippen LogP contribution in [0.4, 0.5) is 0 Å². The van der Waals surface area contributed by atoms with Gasteiger partial charge in [0, 0.05) is 26.2 Å².